The Balaban J connectivity index is 1.60. The molecular formula is C14H23NO2. The van der Waals surface area contributed by atoms with Crippen molar-refractivity contribution in [3.8, 4) is 0 Å². The van der Waals surface area contributed by atoms with Crippen LogP contribution in [0.5, 0.6) is 0 Å². The number of hydrogen-bond donors (Lipinski definition) is 1. The summed E-state index contributed by atoms with van der Waals surface area (Å²) in [5.74, 6) is 0. The zero-order valence-corrected chi connectivity index (χ0v) is 10.6. The van der Waals surface area contributed by atoms with Crippen LogP contribution in [-0.2, 0) is 9.47 Å². The molecule has 0 amide bonds. The highest BCUT2D eigenvalue weighted by atomic mass is 16.6. The molecule has 0 aromatic rings. The fraction of sp³-hybridized carbons (Fsp3) is 1.00. The molecule has 0 unspecified atom stereocenters. The van der Waals surface area contributed by atoms with Crippen LogP contribution in [0, 0.1) is 5.41 Å². The first-order valence-corrected chi connectivity index (χ1v) is 7.31. The molecular weight excluding hydrogens is 214 g/mol. The Hall–Kier alpha value is -0.120. The number of hydrogen-bond acceptors (Lipinski definition) is 3. The van der Waals surface area contributed by atoms with Gasteiger partial charge in [-0.1, -0.05) is 6.42 Å². The van der Waals surface area contributed by atoms with Gasteiger partial charge in [-0.3, -0.25) is 5.32 Å². The van der Waals surface area contributed by atoms with E-state index < -0.39 is 0 Å². The van der Waals surface area contributed by atoms with E-state index in [4.69, 9.17) is 9.47 Å². The van der Waals surface area contributed by atoms with Gasteiger partial charge in [0.05, 0.1) is 18.8 Å². The molecule has 0 radical (unpaired) electrons. The first-order valence-electron chi connectivity index (χ1n) is 7.31. The van der Waals surface area contributed by atoms with Gasteiger partial charge in [0.15, 0.2) is 0 Å². The van der Waals surface area contributed by atoms with Gasteiger partial charge in [0.25, 0.3) is 0 Å². The third kappa shape index (κ3) is 1.33. The van der Waals surface area contributed by atoms with Crippen molar-refractivity contribution in [2.24, 2.45) is 5.41 Å². The molecule has 3 spiro atoms. The molecule has 96 valence electrons. The van der Waals surface area contributed by atoms with Crippen LogP contribution < -0.4 is 5.32 Å². The van der Waals surface area contributed by atoms with Crippen molar-refractivity contribution in [3.63, 3.8) is 0 Å². The maximum absolute atomic E-state index is 6.70. The van der Waals surface area contributed by atoms with Crippen LogP contribution in [0.2, 0.25) is 0 Å². The molecule has 2 aliphatic heterocycles. The van der Waals surface area contributed by atoms with Gasteiger partial charge >= 0.3 is 0 Å². The molecule has 4 aliphatic rings. The molecule has 0 aromatic carbocycles. The lowest BCUT2D eigenvalue weighted by molar-refractivity contribution is -0.318. The third-order valence-corrected chi connectivity index (χ3v) is 5.88. The highest BCUT2D eigenvalue weighted by Crippen LogP contribution is 2.62. The minimum Gasteiger partial charge on any atom is -0.381 e. The Morgan fingerprint density at radius 2 is 1.53 bits per heavy atom. The zero-order chi connectivity index (χ0) is 11.4. The van der Waals surface area contributed by atoms with Gasteiger partial charge in [-0.2, -0.15) is 0 Å². The standard InChI is InChI=1S/C14H23NO2/c1-3-12(4-1)11-15-14(7-9-16-10-8-14)17-13(12)5-2-6-13/h15H,1-11H2. The minimum absolute atomic E-state index is 0.0422. The molecule has 2 saturated carbocycles. The highest BCUT2D eigenvalue weighted by Gasteiger charge is 2.64. The lowest BCUT2D eigenvalue weighted by Crippen LogP contribution is -2.73. The summed E-state index contributed by atoms with van der Waals surface area (Å²) in [5, 5.41) is 3.75. The van der Waals surface area contributed by atoms with Crippen LogP contribution in [0.4, 0.5) is 0 Å². The molecule has 0 atom stereocenters. The average molecular weight is 237 g/mol. The molecule has 3 heteroatoms. The summed E-state index contributed by atoms with van der Waals surface area (Å²) in [6.07, 6.45) is 10.2. The summed E-state index contributed by atoms with van der Waals surface area (Å²) in [6.45, 7) is 2.90. The minimum atomic E-state index is -0.0422. The maximum atomic E-state index is 6.70. The molecule has 4 rings (SSSR count). The summed E-state index contributed by atoms with van der Waals surface area (Å²) in [5.41, 5.74) is 0.697. The number of nitrogens with one attached hydrogen (secondary N) is 1. The van der Waals surface area contributed by atoms with Crippen LogP contribution in [-0.4, -0.2) is 31.1 Å². The second kappa shape index (κ2) is 3.46. The lowest BCUT2D eigenvalue weighted by atomic mass is 9.51. The molecule has 4 fully saturated rings. The van der Waals surface area contributed by atoms with E-state index in [1.807, 2.05) is 0 Å². The molecule has 2 heterocycles. The van der Waals surface area contributed by atoms with Crippen molar-refractivity contribution in [1.82, 2.24) is 5.32 Å². The summed E-state index contributed by atoms with van der Waals surface area (Å²) in [4.78, 5) is 0. The summed E-state index contributed by atoms with van der Waals surface area (Å²) in [7, 11) is 0. The molecule has 17 heavy (non-hydrogen) atoms. The van der Waals surface area contributed by atoms with E-state index in [9.17, 15) is 0 Å². The van der Waals surface area contributed by atoms with Crippen LogP contribution in [0.3, 0.4) is 0 Å². The summed E-state index contributed by atoms with van der Waals surface area (Å²) >= 11 is 0. The van der Waals surface area contributed by atoms with Gasteiger partial charge in [-0.05, 0) is 32.1 Å². The Morgan fingerprint density at radius 3 is 2.06 bits per heavy atom. The molecule has 1 N–H and O–H groups in total. The normalized spacial score (nSPS) is 36.7. The van der Waals surface area contributed by atoms with Crippen LogP contribution in [0.25, 0.3) is 0 Å². The van der Waals surface area contributed by atoms with E-state index in [2.05, 4.69) is 5.32 Å². The quantitative estimate of drug-likeness (QED) is 0.700. The van der Waals surface area contributed by atoms with Crippen LogP contribution >= 0.6 is 0 Å². The molecule has 3 nitrogen and oxygen atoms in total. The van der Waals surface area contributed by atoms with Crippen molar-refractivity contribution in [3.05, 3.63) is 0 Å². The van der Waals surface area contributed by atoms with Gasteiger partial charge in [0.1, 0.15) is 5.72 Å². The average Bonchev–Trinajstić information content (AvgIpc) is 2.26. The fourth-order valence-electron chi connectivity index (χ4n) is 4.36. The first-order chi connectivity index (χ1) is 8.29. The zero-order valence-electron chi connectivity index (χ0n) is 10.6. The van der Waals surface area contributed by atoms with E-state index in [1.165, 1.54) is 45.1 Å². The van der Waals surface area contributed by atoms with E-state index in [0.29, 0.717) is 5.41 Å². The second-order valence-corrected chi connectivity index (χ2v) is 6.54. The number of ether oxygens (including phenoxy) is 2. The fourth-order valence-corrected chi connectivity index (χ4v) is 4.36. The highest BCUT2D eigenvalue weighted by molar-refractivity contribution is 5.14. The smallest absolute Gasteiger partial charge is 0.124 e. The van der Waals surface area contributed by atoms with Crippen molar-refractivity contribution < 1.29 is 9.47 Å². The Morgan fingerprint density at radius 1 is 0.824 bits per heavy atom. The summed E-state index contributed by atoms with van der Waals surface area (Å²) < 4.78 is 12.2. The van der Waals surface area contributed by atoms with Gasteiger partial charge in [-0.15, -0.1) is 0 Å². The predicted octanol–water partition coefficient (Wildman–Crippen LogP) is 2.21. The van der Waals surface area contributed by atoms with E-state index in [1.54, 1.807) is 0 Å². The SMILES string of the molecule is C1CC2(C1)CNC1(CCOCC1)OC21CCC1. The maximum Gasteiger partial charge on any atom is 0.124 e. The monoisotopic (exact) mass is 237 g/mol. The second-order valence-electron chi connectivity index (χ2n) is 6.54. The van der Waals surface area contributed by atoms with Crippen molar-refractivity contribution in [2.45, 2.75) is 62.7 Å². The number of rotatable bonds is 0. The first kappa shape index (κ1) is 10.8. The van der Waals surface area contributed by atoms with E-state index >= 15 is 0 Å². The molecule has 0 aromatic heterocycles. The van der Waals surface area contributed by atoms with E-state index in [-0.39, 0.29) is 11.3 Å². The molecule has 0 bridgehead atoms. The van der Waals surface area contributed by atoms with Crippen molar-refractivity contribution >= 4 is 0 Å². The molecule has 2 aliphatic carbocycles. The van der Waals surface area contributed by atoms with Crippen LogP contribution in [0.15, 0.2) is 0 Å². The van der Waals surface area contributed by atoms with Gasteiger partial charge in [0, 0.05) is 24.8 Å². The Labute approximate surface area is 103 Å². The van der Waals surface area contributed by atoms with Crippen molar-refractivity contribution in [2.75, 3.05) is 19.8 Å². The topological polar surface area (TPSA) is 30.5 Å². The van der Waals surface area contributed by atoms with Gasteiger partial charge in [0.2, 0.25) is 0 Å². The van der Waals surface area contributed by atoms with Gasteiger partial charge in [-0.25, -0.2) is 0 Å². The summed E-state index contributed by atoms with van der Waals surface area (Å²) in [6, 6.07) is 0. The third-order valence-electron chi connectivity index (χ3n) is 5.88. The largest absolute Gasteiger partial charge is 0.381 e. The number of fused-ring (bicyclic) bond motifs is 1. The Bertz CT molecular complexity index is 314. The predicted molar refractivity (Wildman–Crippen MR) is 64.7 cm³/mol. The van der Waals surface area contributed by atoms with Gasteiger partial charge < -0.3 is 9.47 Å². The van der Waals surface area contributed by atoms with Crippen LogP contribution in [0.1, 0.15) is 51.4 Å². The van der Waals surface area contributed by atoms with E-state index in [0.717, 1.165) is 26.1 Å². The Kier molecular flexibility index (Phi) is 2.19. The molecule has 2 saturated heterocycles. The van der Waals surface area contributed by atoms with Crippen molar-refractivity contribution in [1.29, 1.82) is 0 Å². The lowest BCUT2D eigenvalue weighted by Gasteiger charge is -2.67.